The molecule has 1 N–H and O–H groups in total. The molecule has 0 aromatic heterocycles. The van der Waals surface area contributed by atoms with Crippen molar-refractivity contribution < 1.29 is 28.6 Å². The van der Waals surface area contributed by atoms with E-state index in [0.29, 0.717) is 42.7 Å². The van der Waals surface area contributed by atoms with Gasteiger partial charge in [-0.3, -0.25) is 14.4 Å². The number of nitrogens with one attached hydrogen (secondary N) is 1. The minimum atomic E-state index is -0.936. The lowest BCUT2D eigenvalue weighted by Crippen LogP contribution is -2.57. The highest BCUT2D eigenvalue weighted by molar-refractivity contribution is 5.99. The van der Waals surface area contributed by atoms with Crippen LogP contribution in [-0.4, -0.2) is 61.6 Å². The summed E-state index contributed by atoms with van der Waals surface area (Å²) in [6, 6.07) is 15.2. The van der Waals surface area contributed by atoms with Gasteiger partial charge in [0.05, 0.1) is 13.0 Å². The van der Waals surface area contributed by atoms with Crippen LogP contribution in [0.1, 0.15) is 37.0 Å². The zero-order valence-corrected chi connectivity index (χ0v) is 19.7. The van der Waals surface area contributed by atoms with Gasteiger partial charge in [-0.2, -0.15) is 0 Å². The highest BCUT2D eigenvalue weighted by atomic mass is 16.6. The maximum absolute atomic E-state index is 13.2. The van der Waals surface area contributed by atoms with Crippen LogP contribution >= 0.6 is 0 Å². The smallest absolute Gasteiger partial charge is 0.308 e. The van der Waals surface area contributed by atoms with E-state index in [2.05, 4.69) is 19.2 Å². The maximum atomic E-state index is 13.2. The van der Waals surface area contributed by atoms with Crippen molar-refractivity contribution in [1.82, 2.24) is 10.2 Å². The second-order valence-electron chi connectivity index (χ2n) is 8.45. The highest BCUT2D eigenvalue weighted by Crippen LogP contribution is 2.19. The summed E-state index contributed by atoms with van der Waals surface area (Å²) in [5, 5.41) is 2.72. The average molecular weight is 469 g/mol. The molecule has 2 aromatic rings. The largest absolute Gasteiger partial charge is 0.494 e. The molecule has 2 amide bonds. The molecule has 8 nitrogen and oxygen atoms in total. The van der Waals surface area contributed by atoms with Gasteiger partial charge in [-0.1, -0.05) is 38.1 Å². The van der Waals surface area contributed by atoms with Gasteiger partial charge in [-0.05, 0) is 42.7 Å². The number of carbonyl (C=O) groups excluding carboxylic acids is 3. The lowest BCUT2D eigenvalue weighted by atomic mass is 10.1. The van der Waals surface area contributed by atoms with Crippen molar-refractivity contribution in [3.05, 3.63) is 60.2 Å². The SMILES string of the molecule is CC(C)CCOc1cccc(C(=O)N2CCNC(=O)C2CC(=O)OCCOc2ccccc2)c1. The first-order chi connectivity index (χ1) is 16.4. The fourth-order valence-electron chi connectivity index (χ4n) is 3.51. The van der Waals surface area contributed by atoms with E-state index in [1.54, 1.807) is 24.3 Å². The Kier molecular flexibility index (Phi) is 9.31. The van der Waals surface area contributed by atoms with Crippen molar-refractivity contribution in [3.8, 4) is 11.5 Å². The fourth-order valence-corrected chi connectivity index (χ4v) is 3.51. The van der Waals surface area contributed by atoms with Gasteiger partial charge in [0.1, 0.15) is 30.8 Å². The van der Waals surface area contributed by atoms with Crippen LogP contribution in [-0.2, 0) is 14.3 Å². The molecule has 34 heavy (non-hydrogen) atoms. The standard InChI is InChI=1S/C26H32N2O6/c1-19(2)11-14-32-22-10-6-7-20(17-22)26(31)28-13-12-27-25(30)23(28)18-24(29)34-16-15-33-21-8-4-3-5-9-21/h3-10,17,19,23H,11-16,18H2,1-2H3,(H,27,30). The van der Waals surface area contributed by atoms with Crippen LogP contribution in [0, 0.1) is 5.92 Å². The highest BCUT2D eigenvalue weighted by Gasteiger charge is 2.35. The number of ether oxygens (including phenoxy) is 3. The Morgan fingerprint density at radius 2 is 1.74 bits per heavy atom. The van der Waals surface area contributed by atoms with Gasteiger partial charge in [0.15, 0.2) is 0 Å². The molecule has 2 aromatic carbocycles. The number of hydrogen-bond donors (Lipinski definition) is 1. The van der Waals surface area contributed by atoms with Crippen molar-refractivity contribution in [1.29, 1.82) is 0 Å². The lowest BCUT2D eigenvalue weighted by Gasteiger charge is -2.34. The van der Waals surface area contributed by atoms with Crippen molar-refractivity contribution >= 4 is 17.8 Å². The van der Waals surface area contributed by atoms with E-state index in [1.165, 1.54) is 4.90 Å². The quantitative estimate of drug-likeness (QED) is 0.402. The minimum Gasteiger partial charge on any atom is -0.494 e. The molecule has 1 heterocycles. The number of rotatable bonds is 11. The van der Waals surface area contributed by atoms with Crippen LogP contribution in [0.4, 0.5) is 0 Å². The number of nitrogens with zero attached hydrogens (tertiary/aromatic N) is 1. The van der Waals surface area contributed by atoms with Crippen LogP contribution in [0.25, 0.3) is 0 Å². The van der Waals surface area contributed by atoms with Crippen LogP contribution in [0.5, 0.6) is 11.5 Å². The van der Waals surface area contributed by atoms with E-state index in [4.69, 9.17) is 14.2 Å². The third-order valence-corrected chi connectivity index (χ3v) is 5.35. The first-order valence-corrected chi connectivity index (χ1v) is 11.6. The Bertz CT molecular complexity index is 963. The van der Waals surface area contributed by atoms with Crippen molar-refractivity contribution in [2.45, 2.75) is 32.7 Å². The number of benzene rings is 2. The summed E-state index contributed by atoms with van der Waals surface area (Å²) in [5.41, 5.74) is 0.409. The molecular weight excluding hydrogens is 436 g/mol. The summed E-state index contributed by atoms with van der Waals surface area (Å²) in [4.78, 5) is 39.5. The van der Waals surface area contributed by atoms with Gasteiger partial charge in [0.2, 0.25) is 5.91 Å². The topological polar surface area (TPSA) is 94.2 Å². The van der Waals surface area contributed by atoms with Gasteiger partial charge >= 0.3 is 5.97 Å². The Hall–Kier alpha value is -3.55. The van der Waals surface area contributed by atoms with E-state index in [0.717, 1.165) is 6.42 Å². The maximum Gasteiger partial charge on any atom is 0.308 e. The lowest BCUT2D eigenvalue weighted by molar-refractivity contribution is -0.148. The molecule has 1 saturated heterocycles. The molecule has 1 fully saturated rings. The Morgan fingerprint density at radius 1 is 1.00 bits per heavy atom. The monoisotopic (exact) mass is 468 g/mol. The fraction of sp³-hybridized carbons (Fsp3) is 0.423. The molecule has 1 aliphatic heterocycles. The van der Waals surface area contributed by atoms with Crippen molar-refractivity contribution in [2.24, 2.45) is 5.92 Å². The summed E-state index contributed by atoms with van der Waals surface area (Å²) in [7, 11) is 0. The third kappa shape index (κ3) is 7.50. The van der Waals surface area contributed by atoms with Crippen LogP contribution in [0.3, 0.4) is 0 Å². The molecular formula is C26H32N2O6. The van der Waals surface area contributed by atoms with Gasteiger partial charge in [0.25, 0.3) is 5.91 Å². The van der Waals surface area contributed by atoms with E-state index in [1.807, 2.05) is 30.3 Å². The first-order valence-electron chi connectivity index (χ1n) is 11.6. The van der Waals surface area contributed by atoms with E-state index in [9.17, 15) is 14.4 Å². The molecule has 1 aliphatic rings. The summed E-state index contributed by atoms with van der Waals surface area (Å²) in [6.07, 6.45) is 0.679. The molecule has 0 spiro atoms. The summed E-state index contributed by atoms with van der Waals surface area (Å²) >= 11 is 0. The normalized spacial score (nSPS) is 15.6. The first kappa shape index (κ1) is 25.1. The Labute approximate surface area is 200 Å². The number of para-hydroxylation sites is 1. The Balaban J connectivity index is 1.56. The average Bonchev–Trinajstić information content (AvgIpc) is 2.83. The van der Waals surface area contributed by atoms with Gasteiger partial charge < -0.3 is 24.4 Å². The molecule has 3 rings (SSSR count). The second-order valence-corrected chi connectivity index (χ2v) is 8.45. The predicted octanol–water partition coefficient (Wildman–Crippen LogP) is 3.06. The number of amides is 2. The number of esters is 1. The molecule has 8 heteroatoms. The number of carbonyl (C=O) groups is 3. The van der Waals surface area contributed by atoms with Gasteiger partial charge in [-0.25, -0.2) is 0 Å². The zero-order chi connectivity index (χ0) is 24.3. The molecule has 1 atom stereocenters. The van der Waals surface area contributed by atoms with Crippen LogP contribution in [0.2, 0.25) is 0 Å². The molecule has 0 aliphatic carbocycles. The predicted molar refractivity (Wildman–Crippen MR) is 127 cm³/mol. The van der Waals surface area contributed by atoms with E-state index < -0.39 is 12.0 Å². The summed E-state index contributed by atoms with van der Waals surface area (Å²) in [6.45, 7) is 5.66. The van der Waals surface area contributed by atoms with Crippen molar-refractivity contribution in [3.63, 3.8) is 0 Å². The molecule has 0 saturated carbocycles. The molecule has 0 radical (unpaired) electrons. The van der Waals surface area contributed by atoms with Gasteiger partial charge in [0, 0.05) is 18.7 Å². The molecule has 0 bridgehead atoms. The number of hydrogen-bond acceptors (Lipinski definition) is 6. The molecule has 1 unspecified atom stereocenters. The second kappa shape index (κ2) is 12.6. The number of piperazine rings is 1. The van der Waals surface area contributed by atoms with Crippen LogP contribution in [0.15, 0.2) is 54.6 Å². The Morgan fingerprint density at radius 3 is 2.50 bits per heavy atom. The zero-order valence-electron chi connectivity index (χ0n) is 19.7. The van der Waals surface area contributed by atoms with Crippen molar-refractivity contribution in [2.75, 3.05) is 32.9 Å². The van der Waals surface area contributed by atoms with E-state index in [-0.39, 0.29) is 31.4 Å². The third-order valence-electron chi connectivity index (χ3n) is 5.35. The van der Waals surface area contributed by atoms with Gasteiger partial charge in [-0.15, -0.1) is 0 Å². The van der Waals surface area contributed by atoms with Crippen LogP contribution < -0.4 is 14.8 Å². The minimum absolute atomic E-state index is 0.0474. The summed E-state index contributed by atoms with van der Waals surface area (Å²) < 4.78 is 16.5. The molecule has 182 valence electrons. The summed E-state index contributed by atoms with van der Waals surface area (Å²) in [5.74, 6) is 0.528. The van der Waals surface area contributed by atoms with E-state index >= 15 is 0 Å².